The van der Waals surface area contributed by atoms with Crippen LogP contribution in [-0.4, -0.2) is 6.11 Å². The van der Waals surface area contributed by atoms with Crippen molar-refractivity contribution in [2.45, 2.75) is 51.6 Å². The highest BCUT2D eigenvalue weighted by Crippen LogP contribution is 2.41. The Balaban J connectivity index is 2.00. The molecule has 0 atom stereocenters. The predicted molar refractivity (Wildman–Crippen MR) is 72.3 cm³/mol. The highest BCUT2D eigenvalue weighted by atomic mass is 19.3. The first-order valence-electron chi connectivity index (χ1n) is 7.45. The van der Waals surface area contributed by atoms with Crippen molar-refractivity contribution in [2.24, 2.45) is 11.8 Å². The lowest BCUT2D eigenvalue weighted by molar-refractivity contribution is -0.224. The molecule has 1 aromatic carbocycles. The Kier molecular flexibility index (Phi) is 5.12. The Bertz CT molecular complexity index is 467. The molecule has 21 heavy (non-hydrogen) atoms. The van der Waals surface area contributed by atoms with Crippen molar-refractivity contribution in [3.8, 4) is 5.75 Å². The SMILES string of the molecule is CCCC1CCC(C(F)(F)Oc2cccc(F)c2F)CC1. The molecule has 0 aromatic heterocycles. The molecule has 1 fully saturated rings. The summed E-state index contributed by atoms with van der Waals surface area (Å²) in [5.41, 5.74) is 0. The smallest absolute Gasteiger partial charge is 0.400 e. The van der Waals surface area contributed by atoms with Crippen molar-refractivity contribution in [3.63, 3.8) is 0 Å². The molecule has 0 radical (unpaired) electrons. The third-order valence-corrected chi connectivity index (χ3v) is 4.18. The molecule has 1 aromatic rings. The van der Waals surface area contributed by atoms with Gasteiger partial charge in [-0.05, 0) is 43.7 Å². The van der Waals surface area contributed by atoms with Gasteiger partial charge in [-0.15, -0.1) is 0 Å². The second kappa shape index (κ2) is 6.67. The van der Waals surface area contributed by atoms with Gasteiger partial charge in [-0.2, -0.15) is 13.2 Å². The summed E-state index contributed by atoms with van der Waals surface area (Å²) in [6.07, 6.45) is 0.829. The van der Waals surface area contributed by atoms with Crippen LogP contribution in [0.1, 0.15) is 45.4 Å². The van der Waals surface area contributed by atoms with Gasteiger partial charge in [0.25, 0.3) is 0 Å². The second-order valence-corrected chi connectivity index (χ2v) is 5.72. The van der Waals surface area contributed by atoms with Gasteiger partial charge >= 0.3 is 6.11 Å². The van der Waals surface area contributed by atoms with Gasteiger partial charge in [-0.3, -0.25) is 0 Å². The number of ether oxygens (including phenoxy) is 1. The Hall–Kier alpha value is -1.26. The van der Waals surface area contributed by atoms with Crippen LogP contribution in [-0.2, 0) is 0 Å². The van der Waals surface area contributed by atoms with Crippen molar-refractivity contribution >= 4 is 0 Å². The summed E-state index contributed by atoms with van der Waals surface area (Å²) in [4.78, 5) is 0. The maximum Gasteiger partial charge on any atom is 0.400 e. The zero-order valence-electron chi connectivity index (χ0n) is 12.0. The predicted octanol–water partition coefficient (Wildman–Crippen LogP) is 5.54. The number of halogens is 4. The summed E-state index contributed by atoms with van der Waals surface area (Å²) >= 11 is 0. The second-order valence-electron chi connectivity index (χ2n) is 5.72. The van der Waals surface area contributed by atoms with Crippen LogP contribution in [0.5, 0.6) is 5.75 Å². The topological polar surface area (TPSA) is 9.23 Å². The summed E-state index contributed by atoms with van der Waals surface area (Å²) in [7, 11) is 0. The lowest BCUT2D eigenvalue weighted by atomic mass is 9.79. The van der Waals surface area contributed by atoms with Crippen LogP contribution in [0, 0.1) is 23.5 Å². The van der Waals surface area contributed by atoms with Crippen LogP contribution in [0.3, 0.4) is 0 Å². The third kappa shape index (κ3) is 3.89. The molecule has 1 saturated carbocycles. The van der Waals surface area contributed by atoms with Gasteiger partial charge in [0.05, 0.1) is 5.92 Å². The third-order valence-electron chi connectivity index (χ3n) is 4.18. The minimum absolute atomic E-state index is 0.356. The lowest BCUT2D eigenvalue weighted by Gasteiger charge is -2.33. The van der Waals surface area contributed by atoms with Gasteiger partial charge in [-0.25, -0.2) is 4.39 Å². The lowest BCUT2D eigenvalue weighted by Crippen LogP contribution is -2.37. The van der Waals surface area contributed by atoms with Crippen molar-refractivity contribution in [3.05, 3.63) is 29.8 Å². The summed E-state index contributed by atoms with van der Waals surface area (Å²) in [6.45, 7) is 2.08. The molecule has 5 heteroatoms. The Labute approximate surface area is 122 Å². The maximum atomic E-state index is 14.1. The fourth-order valence-electron chi connectivity index (χ4n) is 2.99. The molecule has 0 unspecified atom stereocenters. The average molecular weight is 304 g/mol. The average Bonchev–Trinajstić information content (AvgIpc) is 2.45. The van der Waals surface area contributed by atoms with Gasteiger partial charge in [0.15, 0.2) is 11.6 Å². The zero-order valence-corrected chi connectivity index (χ0v) is 12.0. The molecular weight excluding hydrogens is 284 g/mol. The summed E-state index contributed by atoms with van der Waals surface area (Å²) in [6, 6.07) is 3.05. The van der Waals surface area contributed by atoms with Crippen LogP contribution in [0.2, 0.25) is 0 Å². The number of rotatable bonds is 5. The number of hydrogen-bond acceptors (Lipinski definition) is 1. The van der Waals surface area contributed by atoms with Crippen LogP contribution in [0.15, 0.2) is 18.2 Å². The van der Waals surface area contributed by atoms with E-state index in [0.29, 0.717) is 18.8 Å². The van der Waals surface area contributed by atoms with E-state index < -0.39 is 29.4 Å². The van der Waals surface area contributed by atoms with E-state index >= 15 is 0 Å². The van der Waals surface area contributed by atoms with Crippen molar-refractivity contribution in [1.82, 2.24) is 0 Å². The first kappa shape index (κ1) is 16.1. The Morgan fingerprint density at radius 1 is 1.14 bits per heavy atom. The number of hydrogen-bond donors (Lipinski definition) is 0. The van der Waals surface area contributed by atoms with Crippen LogP contribution in [0.4, 0.5) is 17.6 Å². The van der Waals surface area contributed by atoms with E-state index in [0.717, 1.165) is 43.9 Å². The van der Waals surface area contributed by atoms with E-state index in [-0.39, 0.29) is 0 Å². The van der Waals surface area contributed by atoms with Crippen molar-refractivity contribution < 1.29 is 22.3 Å². The molecule has 0 amide bonds. The fourth-order valence-corrected chi connectivity index (χ4v) is 2.99. The van der Waals surface area contributed by atoms with E-state index in [1.807, 2.05) is 0 Å². The van der Waals surface area contributed by atoms with Gasteiger partial charge in [0, 0.05) is 0 Å². The van der Waals surface area contributed by atoms with E-state index in [2.05, 4.69) is 11.7 Å². The van der Waals surface area contributed by atoms with E-state index in [1.54, 1.807) is 0 Å². The molecule has 2 rings (SSSR count). The molecule has 0 bridgehead atoms. The first-order chi connectivity index (χ1) is 9.94. The highest BCUT2D eigenvalue weighted by molar-refractivity contribution is 5.25. The minimum Gasteiger partial charge on any atom is -0.429 e. The molecule has 118 valence electrons. The molecule has 0 aliphatic heterocycles. The maximum absolute atomic E-state index is 14.1. The highest BCUT2D eigenvalue weighted by Gasteiger charge is 2.44. The number of benzene rings is 1. The summed E-state index contributed by atoms with van der Waals surface area (Å²) in [5, 5.41) is 0. The summed E-state index contributed by atoms with van der Waals surface area (Å²) < 4.78 is 59.2. The van der Waals surface area contributed by atoms with Gasteiger partial charge in [0.1, 0.15) is 0 Å². The minimum atomic E-state index is -3.47. The zero-order chi connectivity index (χ0) is 15.5. The van der Waals surface area contributed by atoms with Crippen molar-refractivity contribution in [2.75, 3.05) is 0 Å². The molecule has 0 saturated heterocycles. The number of alkyl halides is 2. The molecule has 1 aliphatic carbocycles. The summed E-state index contributed by atoms with van der Waals surface area (Å²) in [5.74, 6) is -3.72. The standard InChI is InChI=1S/C16H20F4O/c1-2-4-11-7-9-12(10-8-11)16(19,20)21-14-6-3-5-13(17)15(14)18/h3,5-6,11-12H,2,4,7-10H2,1H3. The monoisotopic (exact) mass is 304 g/mol. The molecule has 0 spiro atoms. The molecule has 0 N–H and O–H groups in total. The first-order valence-corrected chi connectivity index (χ1v) is 7.45. The van der Waals surface area contributed by atoms with Crippen LogP contribution >= 0.6 is 0 Å². The Morgan fingerprint density at radius 2 is 1.81 bits per heavy atom. The van der Waals surface area contributed by atoms with E-state index in [1.165, 1.54) is 0 Å². The molecule has 1 nitrogen and oxygen atoms in total. The molecule has 0 heterocycles. The largest absolute Gasteiger partial charge is 0.429 e. The van der Waals surface area contributed by atoms with Gasteiger partial charge < -0.3 is 4.74 Å². The molecule has 1 aliphatic rings. The van der Waals surface area contributed by atoms with Crippen molar-refractivity contribution in [1.29, 1.82) is 0 Å². The normalized spacial score (nSPS) is 23.1. The van der Waals surface area contributed by atoms with E-state index in [4.69, 9.17) is 0 Å². The fraction of sp³-hybridized carbons (Fsp3) is 0.625. The Morgan fingerprint density at radius 3 is 2.43 bits per heavy atom. The molecular formula is C16H20F4O. The van der Waals surface area contributed by atoms with Gasteiger partial charge in [0.2, 0.25) is 5.82 Å². The van der Waals surface area contributed by atoms with Gasteiger partial charge in [-0.1, -0.05) is 25.8 Å². The van der Waals surface area contributed by atoms with Crippen LogP contribution < -0.4 is 4.74 Å². The van der Waals surface area contributed by atoms with Crippen LogP contribution in [0.25, 0.3) is 0 Å². The van der Waals surface area contributed by atoms with E-state index in [9.17, 15) is 17.6 Å². The quantitative estimate of drug-likeness (QED) is 0.649.